The number of benzene rings is 2. The fourth-order valence-electron chi connectivity index (χ4n) is 3.58. The maximum atomic E-state index is 12.9. The summed E-state index contributed by atoms with van der Waals surface area (Å²) in [6.07, 6.45) is -4.70. The van der Waals surface area contributed by atoms with E-state index in [1.54, 1.807) is 0 Å². The quantitative estimate of drug-likeness (QED) is 0.610. The maximum absolute atomic E-state index is 12.9. The van der Waals surface area contributed by atoms with Gasteiger partial charge >= 0.3 is 6.18 Å². The second kappa shape index (κ2) is 7.65. The molecule has 2 aromatic carbocycles. The second-order valence-electron chi connectivity index (χ2n) is 8.01. The van der Waals surface area contributed by atoms with Crippen LogP contribution in [0.25, 0.3) is 22.0 Å². The van der Waals surface area contributed by atoms with E-state index in [2.05, 4.69) is 15.5 Å². The highest BCUT2D eigenvalue weighted by molar-refractivity contribution is 6.01. The number of hydrogen-bond acceptors (Lipinski definition) is 6. The average molecular weight is 433 g/mol. The molecule has 31 heavy (non-hydrogen) atoms. The van der Waals surface area contributed by atoms with Crippen molar-refractivity contribution in [3.05, 3.63) is 47.5 Å². The van der Waals surface area contributed by atoms with Gasteiger partial charge in [0.15, 0.2) is 11.6 Å². The lowest BCUT2D eigenvalue weighted by Gasteiger charge is -2.18. The smallest absolute Gasteiger partial charge is 0.416 e. The van der Waals surface area contributed by atoms with E-state index in [4.69, 9.17) is 9.47 Å². The summed E-state index contributed by atoms with van der Waals surface area (Å²) >= 11 is 0. The van der Waals surface area contributed by atoms with E-state index in [-0.39, 0.29) is 11.7 Å². The van der Waals surface area contributed by atoms with Gasteiger partial charge in [0.2, 0.25) is 0 Å². The Labute approximate surface area is 177 Å². The first-order valence-electron chi connectivity index (χ1n) is 9.77. The molecule has 1 saturated heterocycles. The first-order valence-corrected chi connectivity index (χ1v) is 9.77. The zero-order valence-electron chi connectivity index (χ0n) is 17.2. The Hall–Kier alpha value is -2.91. The van der Waals surface area contributed by atoms with Crippen LogP contribution in [0.2, 0.25) is 0 Å². The zero-order chi connectivity index (χ0) is 22.4. The molecule has 2 N–H and O–H groups in total. The number of aromatic hydroxyl groups is 1. The molecule has 0 radical (unpaired) electrons. The SMILES string of the molecule is Cc1ccc2c(-c3ccc(C(F)(F)F)cc3O)nnc(NC[C@H]3COC(C)(C)O3)c2c1. The average Bonchev–Trinajstić information content (AvgIpc) is 3.04. The fourth-order valence-corrected chi connectivity index (χ4v) is 3.58. The third kappa shape index (κ3) is 4.42. The number of ether oxygens (including phenoxy) is 2. The lowest BCUT2D eigenvalue weighted by Crippen LogP contribution is -2.26. The van der Waals surface area contributed by atoms with Gasteiger partial charge in [0.25, 0.3) is 0 Å². The first kappa shape index (κ1) is 21.3. The Morgan fingerprint density at radius 2 is 1.90 bits per heavy atom. The number of phenols is 1. The minimum Gasteiger partial charge on any atom is -0.507 e. The van der Waals surface area contributed by atoms with E-state index < -0.39 is 23.3 Å². The van der Waals surface area contributed by atoms with Crippen molar-refractivity contribution in [3.63, 3.8) is 0 Å². The standard InChI is InChI=1S/C22H22F3N3O3/c1-12-4-6-15-17(8-12)20(26-10-14-11-30-21(2,3)31-14)28-27-19(15)16-7-5-13(9-18(16)29)22(23,24)25/h4-9,14,29H,10-11H2,1-3H3,(H,26,28)/t14-/m0/s1. The van der Waals surface area contributed by atoms with Crippen LogP contribution in [-0.4, -0.2) is 40.3 Å². The highest BCUT2D eigenvalue weighted by Gasteiger charge is 2.33. The van der Waals surface area contributed by atoms with Crippen molar-refractivity contribution in [2.24, 2.45) is 0 Å². The number of alkyl halides is 3. The lowest BCUT2D eigenvalue weighted by atomic mass is 10.0. The molecule has 2 heterocycles. The van der Waals surface area contributed by atoms with Crippen molar-refractivity contribution in [1.29, 1.82) is 0 Å². The summed E-state index contributed by atoms with van der Waals surface area (Å²) in [6, 6.07) is 8.42. The molecule has 4 rings (SSSR count). The van der Waals surface area contributed by atoms with Crippen molar-refractivity contribution < 1.29 is 27.8 Å². The van der Waals surface area contributed by atoms with Crippen molar-refractivity contribution >= 4 is 16.6 Å². The topological polar surface area (TPSA) is 76.5 Å². The number of nitrogens with zero attached hydrogens (tertiary/aromatic N) is 2. The summed E-state index contributed by atoms with van der Waals surface area (Å²) in [5, 5.41) is 23.3. The summed E-state index contributed by atoms with van der Waals surface area (Å²) in [4.78, 5) is 0. The molecular formula is C22H22F3N3O3. The van der Waals surface area contributed by atoms with Crippen molar-refractivity contribution in [2.45, 2.75) is 38.8 Å². The fraction of sp³-hybridized carbons (Fsp3) is 0.364. The van der Waals surface area contributed by atoms with E-state index in [0.29, 0.717) is 36.1 Å². The normalized spacial score (nSPS) is 18.5. The highest BCUT2D eigenvalue weighted by atomic mass is 19.4. The predicted molar refractivity (Wildman–Crippen MR) is 110 cm³/mol. The van der Waals surface area contributed by atoms with E-state index in [9.17, 15) is 18.3 Å². The Morgan fingerprint density at radius 1 is 1.13 bits per heavy atom. The van der Waals surface area contributed by atoms with Gasteiger partial charge in [-0.25, -0.2) is 0 Å². The van der Waals surface area contributed by atoms with Gasteiger partial charge in [-0.15, -0.1) is 10.2 Å². The molecule has 6 nitrogen and oxygen atoms in total. The van der Waals surface area contributed by atoms with Crippen LogP contribution >= 0.6 is 0 Å². The van der Waals surface area contributed by atoms with Crippen LogP contribution in [0.4, 0.5) is 19.0 Å². The van der Waals surface area contributed by atoms with Gasteiger partial charge in [-0.1, -0.05) is 17.7 Å². The van der Waals surface area contributed by atoms with Crippen LogP contribution in [0.1, 0.15) is 25.0 Å². The minimum absolute atomic E-state index is 0.157. The van der Waals surface area contributed by atoms with Gasteiger partial charge in [-0.2, -0.15) is 13.2 Å². The highest BCUT2D eigenvalue weighted by Crippen LogP contribution is 2.39. The third-order valence-electron chi connectivity index (χ3n) is 5.08. The van der Waals surface area contributed by atoms with E-state index in [1.807, 2.05) is 39.0 Å². The van der Waals surface area contributed by atoms with Crippen LogP contribution in [0.15, 0.2) is 36.4 Å². The Kier molecular flexibility index (Phi) is 5.26. The van der Waals surface area contributed by atoms with Crippen LogP contribution in [-0.2, 0) is 15.7 Å². The minimum atomic E-state index is -4.55. The molecule has 1 aliphatic rings. The van der Waals surface area contributed by atoms with Gasteiger partial charge in [-0.3, -0.25) is 0 Å². The van der Waals surface area contributed by atoms with Crippen LogP contribution in [0.3, 0.4) is 0 Å². The van der Waals surface area contributed by atoms with Crippen molar-refractivity contribution in [2.75, 3.05) is 18.5 Å². The molecule has 9 heteroatoms. The van der Waals surface area contributed by atoms with Gasteiger partial charge < -0.3 is 19.9 Å². The Balaban J connectivity index is 1.70. The van der Waals surface area contributed by atoms with E-state index in [0.717, 1.165) is 17.0 Å². The van der Waals surface area contributed by atoms with Crippen LogP contribution < -0.4 is 5.32 Å². The molecule has 0 spiro atoms. The largest absolute Gasteiger partial charge is 0.507 e. The number of nitrogens with one attached hydrogen (secondary N) is 1. The Bertz CT molecular complexity index is 1130. The molecule has 0 aliphatic carbocycles. The third-order valence-corrected chi connectivity index (χ3v) is 5.08. The molecule has 0 saturated carbocycles. The number of hydrogen-bond donors (Lipinski definition) is 2. The zero-order valence-corrected chi connectivity index (χ0v) is 17.2. The Morgan fingerprint density at radius 3 is 2.55 bits per heavy atom. The van der Waals surface area contributed by atoms with Gasteiger partial charge in [-0.05, 0) is 45.0 Å². The monoisotopic (exact) mass is 433 g/mol. The van der Waals surface area contributed by atoms with Crippen molar-refractivity contribution in [3.8, 4) is 17.0 Å². The summed E-state index contributed by atoms with van der Waals surface area (Å²) < 4.78 is 50.2. The predicted octanol–water partition coefficient (Wildman–Crippen LogP) is 4.89. The van der Waals surface area contributed by atoms with Gasteiger partial charge in [0.05, 0.1) is 12.2 Å². The number of anilines is 1. The molecule has 1 atom stereocenters. The first-order chi connectivity index (χ1) is 14.5. The van der Waals surface area contributed by atoms with Crippen LogP contribution in [0, 0.1) is 6.92 Å². The number of fused-ring (bicyclic) bond motifs is 1. The van der Waals surface area contributed by atoms with E-state index in [1.165, 1.54) is 6.07 Å². The molecule has 1 fully saturated rings. The molecule has 164 valence electrons. The molecule has 0 unspecified atom stereocenters. The molecule has 1 aromatic heterocycles. The van der Waals surface area contributed by atoms with Gasteiger partial charge in [0, 0.05) is 22.9 Å². The molecule has 0 amide bonds. The summed E-state index contributed by atoms with van der Waals surface area (Å²) in [7, 11) is 0. The molecule has 1 aliphatic heterocycles. The summed E-state index contributed by atoms with van der Waals surface area (Å²) in [5.74, 6) is -0.631. The summed E-state index contributed by atoms with van der Waals surface area (Å²) in [5.41, 5.74) is 0.526. The molecule has 0 bridgehead atoms. The number of aryl methyl sites for hydroxylation is 1. The molecule has 3 aromatic rings. The number of aromatic nitrogens is 2. The van der Waals surface area contributed by atoms with Crippen molar-refractivity contribution in [1.82, 2.24) is 10.2 Å². The van der Waals surface area contributed by atoms with E-state index >= 15 is 0 Å². The molecular weight excluding hydrogens is 411 g/mol. The maximum Gasteiger partial charge on any atom is 0.416 e. The number of halogens is 3. The number of rotatable bonds is 4. The lowest BCUT2D eigenvalue weighted by molar-refractivity contribution is -0.138. The summed E-state index contributed by atoms with van der Waals surface area (Å²) in [6.45, 7) is 6.51. The van der Waals surface area contributed by atoms with Crippen LogP contribution in [0.5, 0.6) is 5.75 Å². The second-order valence-corrected chi connectivity index (χ2v) is 8.01. The van der Waals surface area contributed by atoms with Gasteiger partial charge in [0.1, 0.15) is 17.5 Å². The number of phenolic OH excluding ortho intramolecular Hbond substituents is 1.